The molecule has 1 fully saturated rings. The fourth-order valence-electron chi connectivity index (χ4n) is 3.59. The van der Waals surface area contributed by atoms with Crippen LogP contribution in [0, 0.1) is 0 Å². The van der Waals surface area contributed by atoms with E-state index in [0.717, 1.165) is 23.2 Å². The Hall–Kier alpha value is -2.86. The van der Waals surface area contributed by atoms with E-state index in [1.807, 2.05) is 36.4 Å². The van der Waals surface area contributed by atoms with Gasteiger partial charge in [-0.15, -0.1) is 0 Å². The fourth-order valence-corrected chi connectivity index (χ4v) is 3.72. The van der Waals surface area contributed by atoms with E-state index in [1.165, 1.54) is 0 Å². The fraction of sp³-hybridized carbons (Fsp3) is 0.250. The summed E-state index contributed by atoms with van der Waals surface area (Å²) in [5.74, 6) is 0.0374. The van der Waals surface area contributed by atoms with Crippen molar-refractivity contribution in [3.8, 4) is 11.1 Å². The molecule has 1 aromatic carbocycles. The minimum atomic E-state index is -0.164. The molecule has 0 aliphatic carbocycles. The number of hydrogen-bond acceptors (Lipinski definition) is 3. The quantitative estimate of drug-likeness (QED) is 0.632. The van der Waals surface area contributed by atoms with E-state index in [0.29, 0.717) is 23.4 Å². The second-order valence-electron chi connectivity index (χ2n) is 6.79. The van der Waals surface area contributed by atoms with Crippen molar-refractivity contribution < 1.29 is 4.79 Å². The summed E-state index contributed by atoms with van der Waals surface area (Å²) in [6, 6.07) is 11.5. The van der Waals surface area contributed by atoms with Crippen molar-refractivity contribution >= 4 is 17.5 Å². The number of H-pyrrole nitrogens is 2. The molecule has 4 rings (SSSR count). The molecule has 1 aliphatic heterocycles. The van der Waals surface area contributed by atoms with Crippen molar-refractivity contribution in [1.82, 2.24) is 20.5 Å². The van der Waals surface area contributed by atoms with Gasteiger partial charge in [0.25, 0.3) is 5.56 Å². The van der Waals surface area contributed by atoms with Gasteiger partial charge in [0.1, 0.15) is 0 Å². The highest BCUT2D eigenvalue weighted by atomic mass is 35.5. The highest BCUT2D eigenvalue weighted by Gasteiger charge is 2.26. The molecule has 3 heterocycles. The third-order valence-corrected chi connectivity index (χ3v) is 5.25. The monoisotopic (exact) mass is 382 g/mol. The number of aromatic nitrogens is 3. The molecule has 2 atom stereocenters. The number of hydrogen-bond donors (Lipinski definition) is 3. The molecular formula is C20H19ClN4O2. The number of pyridine rings is 1. The zero-order chi connectivity index (χ0) is 18.8. The van der Waals surface area contributed by atoms with Crippen LogP contribution in [0.4, 0.5) is 0 Å². The minimum absolute atomic E-state index is 0.0447. The topological polar surface area (TPSA) is 90.6 Å². The second-order valence-corrected chi connectivity index (χ2v) is 7.22. The number of rotatable bonds is 5. The molecule has 1 aliphatic rings. The van der Waals surface area contributed by atoms with Gasteiger partial charge in [-0.2, -0.15) is 5.10 Å². The molecule has 7 heteroatoms. The van der Waals surface area contributed by atoms with E-state index in [1.54, 1.807) is 12.4 Å². The van der Waals surface area contributed by atoms with Gasteiger partial charge in [0.15, 0.2) is 0 Å². The molecule has 1 unspecified atom stereocenters. The minimum Gasteiger partial charge on any atom is -0.353 e. The molecular weight excluding hydrogens is 364 g/mol. The number of carbonyl (C=O) groups is 1. The highest BCUT2D eigenvalue weighted by Crippen LogP contribution is 2.31. The molecule has 27 heavy (non-hydrogen) atoms. The smallest absolute Gasteiger partial charge is 0.256 e. The number of nitrogens with one attached hydrogen (secondary N) is 3. The average Bonchev–Trinajstić information content (AvgIpc) is 3.32. The lowest BCUT2D eigenvalue weighted by molar-refractivity contribution is -0.119. The predicted octanol–water partition coefficient (Wildman–Crippen LogP) is 3.22. The number of halogens is 1. The van der Waals surface area contributed by atoms with Crippen LogP contribution in [0.5, 0.6) is 0 Å². The van der Waals surface area contributed by atoms with Gasteiger partial charge in [-0.3, -0.25) is 14.7 Å². The highest BCUT2D eigenvalue weighted by molar-refractivity contribution is 6.30. The van der Waals surface area contributed by atoms with Crippen LogP contribution in [-0.4, -0.2) is 27.1 Å². The predicted molar refractivity (Wildman–Crippen MR) is 104 cm³/mol. The van der Waals surface area contributed by atoms with E-state index in [2.05, 4.69) is 20.5 Å². The lowest BCUT2D eigenvalue weighted by Crippen LogP contribution is -2.28. The van der Waals surface area contributed by atoms with Crippen molar-refractivity contribution in [2.75, 3.05) is 0 Å². The molecule has 3 aromatic rings. The second kappa shape index (κ2) is 7.40. The number of nitrogens with zero attached hydrogens (tertiary/aromatic N) is 1. The van der Waals surface area contributed by atoms with Crippen LogP contribution in [0.2, 0.25) is 5.02 Å². The van der Waals surface area contributed by atoms with E-state index in [9.17, 15) is 9.59 Å². The Balaban J connectivity index is 1.69. The maximum Gasteiger partial charge on any atom is 0.256 e. The summed E-state index contributed by atoms with van der Waals surface area (Å²) in [4.78, 5) is 27.2. The van der Waals surface area contributed by atoms with Crippen molar-refractivity contribution in [3.63, 3.8) is 0 Å². The Morgan fingerprint density at radius 1 is 1.15 bits per heavy atom. The van der Waals surface area contributed by atoms with Gasteiger partial charge in [-0.25, -0.2) is 0 Å². The molecule has 1 saturated heterocycles. The average molecular weight is 383 g/mol. The van der Waals surface area contributed by atoms with Crippen molar-refractivity contribution in [2.24, 2.45) is 0 Å². The zero-order valence-electron chi connectivity index (χ0n) is 14.5. The van der Waals surface area contributed by atoms with Crippen LogP contribution in [0.25, 0.3) is 11.1 Å². The maximum absolute atomic E-state index is 12.6. The van der Waals surface area contributed by atoms with Crippen LogP contribution in [0.1, 0.15) is 36.4 Å². The van der Waals surface area contributed by atoms with E-state index < -0.39 is 0 Å². The lowest BCUT2D eigenvalue weighted by Gasteiger charge is -2.22. The molecule has 3 N–H and O–H groups in total. The number of benzene rings is 1. The van der Waals surface area contributed by atoms with Gasteiger partial charge in [0.05, 0.1) is 11.8 Å². The first-order chi connectivity index (χ1) is 13.1. The van der Waals surface area contributed by atoms with Gasteiger partial charge in [0, 0.05) is 40.9 Å². The molecule has 0 bridgehead atoms. The molecule has 0 radical (unpaired) electrons. The molecule has 138 valence electrons. The van der Waals surface area contributed by atoms with Crippen LogP contribution in [0.15, 0.2) is 53.6 Å². The maximum atomic E-state index is 12.6. The number of aromatic amines is 2. The van der Waals surface area contributed by atoms with Gasteiger partial charge >= 0.3 is 0 Å². The Bertz CT molecular complexity index is 996. The first-order valence-corrected chi connectivity index (χ1v) is 9.25. The summed E-state index contributed by atoms with van der Waals surface area (Å²) in [5, 5.41) is 10.3. The Morgan fingerprint density at radius 2 is 1.96 bits per heavy atom. The Labute approximate surface area is 161 Å². The lowest BCUT2D eigenvalue weighted by atomic mass is 9.88. The van der Waals surface area contributed by atoms with Gasteiger partial charge in [-0.1, -0.05) is 23.7 Å². The first kappa shape index (κ1) is 17.5. The summed E-state index contributed by atoms with van der Waals surface area (Å²) < 4.78 is 0. The van der Waals surface area contributed by atoms with Gasteiger partial charge in [-0.05, 0) is 42.7 Å². The van der Waals surface area contributed by atoms with Crippen LogP contribution in [-0.2, 0) is 4.79 Å². The molecule has 2 aromatic heterocycles. The van der Waals surface area contributed by atoms with Crippen molar-refractivity contribution in [2.45, 2.75) is 31.2 Å². The summed E-state index contributed by atoms with van der Waals surface area (Å²) in [6.45, 7) is 0. The van der Waals surface area contributed by atoms with Crippen molar-refractivity contribution in [1.29, 1.82) is 0 Å². The van der Waals surface area contributed by atoms with Crippen LogP contribution in [0.3, 0.4) is 0 Å². The first-order valence-electron chi connectivity index (χ1n) is 8.87. The van der Waals surface area contributed by atoms with Crippen LogP contribution >= 0.6 is 11.6 Å². The van der Waals surface area contributed by atoms with E-state index >= 15 is 0 Å². The largest absolute Gasteiger partial charge is 0.353 e. The summed E-state index contributed by atoms with van der Waals surface area (Å²) in [6.07, 6.45) is 5.38. The van der Waals surface area contributed by atoms with Gasteiger partial charge < -0.3 is 10.3 Å². The van der Waals surface area contributed by atoms with Crippen molar-refractivity contribution in [3.05, 3.63) is 75.4 Å². The van der Waals surface area contributed by atoms with Gasteiger partial charge in [0.2, 0.25) is 5.91 Å². The third kappa shape index (κ3) is 3.80. The SMILES string of the molecule is O=C1CC[C@H](CC(c2ccc(Cl)cc2)c2ccc(-c3cn[nH]c3)c(=O)[nH]2)N1. The summed E-state index contributed by atoms with van der Waals surface area (Å²) in [7, 11) is 0. The molecule has 0 saturated carbocycles. The standard InChI is InChI=1S/C20H19ClN4O2/c21-14-3-1-12(2-4-14)17(9-15-5-8-19(26)24-15)18-7-6-16(20(27)25-18)13-10-22-23-11-13/h1-4,6-7,10-11,15,17H,5,8-9H2,(H,22,23)(H,24,26)(H,25,27)/t15-,17?/m1/s1. The molecule has 6 nitrogen and oxygen atoms in total. The molecule has 0 spiro atoms. The molecule has 1 amide bonds. The van der Waals surface area contributed by atoms with Crippen LogP contribution < -0.4 is 10.9 Å². The number of carbonyl (C=O) groups excluding carboxylic acids is 1. The zero-order valence-corrected chi connectivity index (χ0v) is 15.3. The Morgan fingerprint density at radius 3 is 2.59 bits per heavy atom. The summed E-state index contributed by atoms with van der Waals surface area (Å²) in [5.41, 5.74) is 3.01. The summed E-state index contributed by atoms with van der Waals surface area (Å²) >= 11 is 6.03. The van der Waals surface area contributed by atoms with E-state index in [-0.39, 0.29) is 23.4 Å². The Kier molecular flexibility index (Phi) is 4.81. The van der Waals surface area contributed by atoms with E-state index in [4.69, 9.17) is 11.6 Å². The third-order valence-electron chi connectivity index (χ3n) is 4.99. The normalized spacial score (nSPS) is 17.7. The number of amides is 1.